The monoisotopic (exact) mass is 265 g/mol. The lowest BCUT2D eigenvalue weighted by Gasteiger charge is -2.05. The molecule has 15 heavy (non-hydrogen) atoms. The predicted molar refractivity (Wildman–Crippen MR) is 72.7 cm³/mol. The van der Waals surface area contributed by atoms with Gasteiger partial charge in [-0.2, -0.15) is 0 Å². The number of nitrogens with one attached hydrogen (secondary N) is 1. The summed E-state index contributed by atoms with van der Waals surface area (Å²) in [4.78, 5) is 1.38. The van der Waals surface area contributed by atoms with Crippen molar-refractivity contribution in [2.45, 2.75) is 11.8 Å². The van der Waals surface area contributed by atoms with Crippen molar-refractivity contribution < 1.29 is 0 Å². The van der Waals surface area contributed by atoms with Gasteiger partial charge in [-0.15, -0.1) is 35.8 Å². The molecule has 0 unspecified atom stereocenters. The average Bonchev–Trinajstić information content (AvgIpc) is 2.20. The third-order valence-electron chi connectivity index (χ3n) is 1.90. The van der Waals surface area contributed by atoms with Crippen LogP contribution in [0, 0.1) is 6.92 Å². The second kappa shape index (κ2) is 9.34. The Morgan fingerprint density at radius 1 is 1.27 bits per heavy atom. The second-order valence-corrected chi connectivity index (χ2v) is 4.57. The number of hydrogen-bond acceptors (Lipinski definition) is 2. The standard InChI is InChI=1S/C11H16ClNS.ClH/c1-10-4-2-3-5-11(10)14-9-8-13-7-6-12;/h2-5,13H,6-9H2,1H3;1H. The van der Waals surface area contributed by atoms with E-state index in [4.69, 9.17) is 11.6 Å². The molecule has 0 fully saturated rings. The fourth-order valence-electron chi connectivity index (χ4n) is 1.14. The summed E-state index contributed by atoms with van der Waals surface area (Å²) in [7, 11) is 0. The molecule has 86 valence electrons. The van der Waals surface area contributed by atoms with Crippen LogP contribution in [-0.4, -0.2) is 24.7 Å². The molecule has 0 heterocycles. The first-order valence-corrected chi connectivity index (χ1v) is 6.31. The summed E-state index contributed by atoms with van der Waals surface area (Å²) in [5, 5.41) is 3.27. The van der Waals surface area contributed by atoms with Gasteiger partial charge in [-0.25, -0.2) is 0 Å². The van der Waals surface area contributed by atoms with Gasteiger partial charge in [0.2, 0.25) is 0 Å². The summed E-state index contributed by atoms with van der Waals surface area (Å²) in [5.74, 6) is 1.79. The first kappa shape index (κ1) is 15.1. The molecule has 0 aromatic heterocycles. The van der Waals surface area contributed by atoms with Gasteiger partial charge in [0, 0.05) is 29.6 Å². The van der Waals surface area contributed by atoms with Gasteiger partial charge in [0.15, 0.2) is 0 Å². The summed E-state index contributed by atoms with van der Waals surface area (Å²) >= 11 is 7.45. The van der Waals surface area contributed by atoms with Crippen LogP contribution in [0.1, 0.15) is 5.56 Å². The van der Waals surface area contributed by atoms with Crippen molar-refractivity contribution >= 4 is 35.8 Å². The van der Waals surface area contributed by atoms with Crippen LogP contribution in [0.15, 0.2) is 29.2 Å². The molecule has 0 bridgehead atoms. The average molecular weight is 266 g/mol. The molecular formula is C11H17Cl2NS. The quantitative estimate of drug-likeness (QED) is 0.481. The fraction of sp³-hybridized carbons (Fsp3) is 0.455. The summed E-state index contributed by atoms with van der Waals surface area (Å²) in [6.45, 7) is 4.07. The molecular weight excluding hydrogens is 249 g/mol. The van der Waals surface area contributed by atoms with Crippen molar-refractivity contribution in [1.29, 1.82) is 0 Å². The number of hydrogen-bond donors (Lipinski definition) is 1. The zero-order valence-corrected chi connectivity index (χ0v) is 11.2. The Hall–Kier alpha value is 0.110. The molecule has 0 saturated carbocycles. The lowest BCUT2D eigenvalue weighted by Crippen LogP contribution is -2.19. The highest BCUT2D eigenvalue weighted by atomic mass is 35.5. The molecule has 0 amide bonds. The zero-order chi connectivity index (χ0) is 10.2. The zero-order valence-electron chi connectivity index (χ0n) is 8.83. The summed E-state index contributed by atoms with van der Waals surface area (Å²) in [5.41, 5.74) is 1.36. The lowest BCUT2D eigenvalue weighted by atomic mass is 10.2. The van der Waals surface area contributed by atoms with Gasteiger partial charge >= 0.3 is 0 Å². The Labute approximate surface area is 107 Å². The van der Waals surface area contributed by atoms with E-state index in [0.717, 1.165) is 18.8 Å². The van der Waals surface area contributed by atoms with Crippen LogP contribution >= 0.6 is 35.8 Å². The molecule has 0 spiro atoms. The molecule has 1 nitrogen and oxygen atoms in total. The predicted octanol–water partition coefficient (Wildman–Crippen LogP) is 3.34. The number of benzene rings is 1. The van der Waals surface area contributed by atoms with E-state index in [1.807, 2.05) is 11.8 Å². The van der Waals surface area contributed by atoms with Crippen molar-refractivity contribution in [1.82, 2.24) is 5.32 Å². The van der Waals surface area contributed by atoms with Crippen molar-refractivity contribution in [2.24, 2.45) is 0 Å². The molecule has 1 aromatic rings. The van der Waals surface area contributed by atoms with Gasteiger partial charge in [-0.3, -0.25) is 0 Å². The van der Waals surface area contributed by atoms with E-state index in [-0.39, 0.29) is 12.4 Å². The van der Waals surface area contributed by atoms with Gasteiger partial charge in [0.25, 0.3) is 0 Å². The van der Waals surface area contributed by atoms with E-state index in [2.05, 4.69) is 36.5 Å². The van der Waals surface area contributed by atoms with Crippen molar-refractivity contribution in [3.8, 4) is 0 Å². The van der Waals surface area contributed by atoms with Crippen LogP contribution in [0.4, 0.5) is 0 Å². The van der Waals surface area contributed by atoms with Gasteiger partial charge in [0.1, 0.15) is 0 Å². The van der Waals surface area contributed by atoms with Crippen LogP contribution in [0.3, 0.4) is 0 Å². The van der Waals surface area contributed by atoms with Crippen LogP contribution < -0.4 is 5.32 Å². The first-order chi connectivity index (χ1) is 6.84. The Morgan fingerprint density at radius 3 is 2.67 bits per heavy atom. The smallest absolute Gasteiger partial charge is 0.0348 e. The maximum absolute atomic E-state index is 5.55. The van der Waals surface area contributed by atoms with Crippen molar-refractivity contribution in [3.05, 3.63) is 29.8 Å². The number of thioether (sulfide) groups is 1. The molecule has 0 aliphatic rings. The van der Waals surface area contributed by atoms with Crippen LogP contribution in [-0.2, 0) is 0 Å². The molecule has 1 rings (SSSR count). The third kappa shape index (κ3) is 6.31. The van der Waals surface area contributed by atoms with Gasteiger partial charge in [-0.1, -0.05) is 18.2 Å². The molecule has 0 aliphatic heterocycles. The van der Waals surface area contributed by atoms with Gasteiger partial charge in [-0.05, 0) is 18.6 Å². The molecule has 4 heteroatoms. The van der Waals surface area contributed by atoms with E-state index in [1.165, 1.54) is 10.5 Å². The minimum absolute atomic E-state index is 0. The Balaban J connectivity index is 0.00000196. The maximum Gasteiger partial charge on any atom is 0.0348 e. The van der Waals surface area contributed by atoms with Crippen LogP contribution in [0.25, 0.3) is 0 Å². The van der Waals surface area contributed by atoms with Crippen LogP contribution in [0.5, 0.6) is 0 Å². The van der Waals surface area contributed by atoms with Crippen LogP contribution in [0.2, 0.25) is 0 Å². The summed E-state index contributed by atoms with van der Waals surface area (Å²) in [6, 6.07) is 8.47. The van der Waals surface area contributed by atoms with E-state index in [1.54, 1.807) is 0 Å². The Morgan fingerprint density at radius 2 is 2.00 bits per heavy atom. The SMILES string of the molecule is Cc1ccccc1SCCNCCCl.Cl. The highest BCUT2D eigenvalue weighted by molar-refractivity contribution is 7.99. The minimum Gasteiger partial charge on any atom is -0.315 e. The van der Waals surface area contributed by atoms with E-state index in [9.17, 15) is 0 Å². The largest absolute Gasteiger partial charge is 0.315 e. The fourth-order valence-corrected chi connectivity index (χ4v) is 2.21. The molecule has 0 aliphatic carbocycles. The highest BCUT2D eigenvalue weighted by Crippen LogP contribution is 2.20. The van der Waals surface area contributed by atoms with Gasteiger partial charge in [0.05, 0.1) is 0 Å². The number of halogens is 2. The van der Waals surface area contributed by atoms with Crippen molar-refractivity contribution in [3.63, 3.8) is 0 Å². The Kier molecular flexibility index (Phi) is 9.41. The topological polar surface area (TPSA) is 12.0 Å². The molecule has 0 radical (unpaired) electrons. The molecule has 1 aromatic carbocycles. The number of aryl methyl sites for hydroxylation is 1. The maximum atomic E-state index is 5.55. The normalized spacial score (nSPS) is 9.73. The third-order valence-corrected chi connectivity index (χ3v) is 3.27. The number of alkyl halides is 1. The molecule has 0 saturated heterocycles. The molecule has 0 atom stereocenters. The lowest BCUT2D eigenvalue weighted by molar-refractivity contribution is 0.772. The van der Waals surface area contributed by atoms with Gasteiger partial charge < -0.3 is 5.32 Å². The van der Waals surface area contributed by atoms with E-state index in [0.29, 0.717) is 5.88 Å². The highest BCUT2D eigenvalue weighted by Gasteiger charge is 1.96. The second-order valence-electron chi connectivity index (χ2n) is 3.05. The van der Waals surface area contributed by atoms with Crippen molar-refractivity contribution in [2.75, 3.05) is 24.7 Å². The Bertz CT molecular complexity index is 269. The summed E-state index contributed by atoms with van der Waals surface area (Å²) < 4.78 is 0. The molecule has 1 N–H and O–H groups in total. The summed E-state index contributed by atoms with van der Waals surface area (Å²) in [6.07, 6.45) is 0. The number of rotatable bonds is 6. The van der Waals surface area contributed by atoms with E-state index >= 15 is 0 Å². The first-order valence-electron chi connectivity index (χ1n) is 4.79. The minimum atomic E-state index is 0. The van der Waals surface area contributed by atoms with E-state index < -0.39 is 0 Å².